The molecular weight excluding hydrogens is 220 g/mol. The molecule has 2 aliphatic heterocycles. The minimum absolute atomic E-state index is 0.823. The molecule has 18 heavy (non-hydrogen) atoms. The van der Waals surface area contributed by atoms with Gasteiger partial charge in [-0.1, -0.05) is 19.8 Å². The first-order chi connectivity index (χ1) is 8.81. The van der Waals surface area contributed by atoms with Crippen molar-refractivity contribution in [2.45, 2.75) is 70.4 Å². The minimum atomic E-state index is 0.823. The molecule has 3 fully saturated rings. The van der Waals surface area contributed by atoms with Crippen LogP contribution in [0.15, 0.2) is 0 Å². The topological polar surface area (TPSA) is 15.3 Å². The quantitative estimate of drug-likeness (QED) is 0.828. The lowest BCUT2D eigenvalue weighted by Crippen LogP contribution is -2.46. The highest BCUT2D eigenvalue weighted by molar-refractivity contribution is 4.89. The highest BCUT2D eigenvalue weighted by Gasteiger charge is 2.31. The van der Waals surface area contributed by atoms with E-state index in [1.807, 2.05) is 0 Å². The summed E-state index contributed by atoms with van der Waals surface area (Å²) in [6, 6.07) is 1.74. The third-order valence-corrected chi connectivity index (χ3v) is 5.65. The van der Waals surface area contributed by atoms with Crippen molar-refractivity contribution < 1.29 is 0 Å². The molecular formula is C16H30N2. The zero-order valence-corrected chi connectivity index (χ0v) is 12.0. The number of nitrogens with zero attached hydrogens (tertiary/aromatic N) is 1. The van der Waals surface area contributed by atoms with Crippen LogP contribution in [0, 0.1) is 11.8 Å². The molecule has 2 nitrogen and oxygen atoms in total. The minimum Gasteiger partial charge on any atom is -0.314 e. The third kappa shape index (κ3) is 3.08. The molecule has 0 bridgehead atoms. The van der Waals surface area contributed by atoms with E-state index in [4.69, 9.17) is 0 Å². The largest absolute Gasteiger partial charge is 0.314 e. The Balaban J connectivity index is 1.38. The van der Waals surface area contributed by atoms with E-state index in [1.54, 1.807) is 0 Å². The number of fused-ring (bicyclic) bond motifs is 1. The lowest BCUT2D eigenvalue weighted by molar-refractivity contribution is 0.160. The lowest BCUT2D eigenvalue weighted by atomic mass is 9.83. The number of rotatable bonds is 3. The first-order valence-corrected chi connectivity index (χ1v) is 8.28. The van der Waals surface area contributed by atoms with Crippen LogP contribution in [0.3, 0.4) is 0 Å². The van der Waals surface area contributed by atoms with Crippen molar-refractivity contribution >= 4 is 0 Å². The predicted octanol–water partition coefficient (Wildman–Crippen LogP) is 3.03. The Morgan fingerprint density at radius 1 is 1.00 bits per heavy atom. The van der Waals surface area contributed by atoms with Gasteiger partial charge in [0.1, 0.15) is 0 Å². The molecule has 104 valence electrons. The second-order valence-electron chi connectivity index (χ2n) is 7.09. The molecule has 3 rings (SSSR count). The van der Waals surface area contributed by atoms with Crippen molar-refractivity contribution in [3.05, 3.63) is 0 Å². The van der Waals surface area contributed by atoms with E-state index in [9.17, 15) is 0 Å². The van der Waals surface area contributed by atoms with Gasteiger partial charge in [-0.25, -0.2) is 0 Å². The van der Waals surface area contributed by atoms with Crippen LogP contribution in [0.1, 0.15) is 58.3 Å². The van der Waals surface area contributed by atoms with E-state index in [2.05, 4.69) is 17.1 Å². The van der Waals surface area contributed by atoms with Crippen molar-refractivity contribution in [1.29, 1.82) is 0 Å². The first kappa shape index (κ1) is 12.9. The second-order valence-corrected chi connectivity index (χ2v) is 7.09. The Kier molecular flexibility index (Phi) is 4.25. The molecule has 0 aromatic rings. The summed E-state index contributed by atoms with van der Waals surface area (Å²) in [6.07, 6.45) is 11.6. The van der Waals surface area contributed by atoms with E-state index in [1.165, 1.54) is 71.0 Å². The predicted molar refractivity (Wildman–Crippen MR) is 76.7 cm³/mol. The maximum Gasteiger partial charge on any atom is 0.0111 e. The summed E-state index contributed by atoms with van der Waals surface area (Å²) in [7, 11) is 0. The van der Waals surface area contributed by atoms with Crippen molar-refractivity contribution in [1.82, 2.24) is 10.2 Å². The van der Waals surface area contributed by atoms with Crippen LogP contribution in [0.4, 0.5) is 0 Å². The van der Waals surface area contributed by atoms with Crippen molar-refractivity contribution in [2.75, 3.05) is 19.6 Å². The van der Waals surface area contributed by atoms with Gasteiger partial charge in [0.15, 0.2) is 0 Å². The van der Waals surface area contributed by atoms with Gasteiger partial charge in [-0.3, -0.25) is 0 Å². The molecule has 0 aromatic carbocycles. The lowest BCUT2D eigenvalue weighted by Gasteiger charge is -2.36. The average molecular weight is 250 g/mol. The summed E-state index contributed by atoms with van der Waals surface area (Å²) in [4.78, 5) is 2.72. The zero-order valence-electron chi connectivity index (χ0n) is 12.0. The summed E-state index contributed by atoms with van der Waals surface area (Å²) in [5.74, 6) is 1.96. The number of nitrogens with one attached hydrogen (secondary N) is 1. The van der Waals surface area contributed by atoms with Gasteiger partial charge in [0.25, 0.3) is 0 Å². The van der Waals surface area contributed by atoms with Crippen molar-refractivity contribution in [2.24, 2.45) is 11.8 Å². The molecule has 3 aliphatic rings. The smallest absolute Gasteiger partial charge is 0.0111 e. The molecule has 2 heteroatoms. The fourth-order valence-electron chi connectivity index (χ4n) is 4.28. The fraction of sp³-hybridized carbons (Fsp3) is 1.00. The van der Waals surface area contributed by atoms with E-state index in [0.29, 0.717) is 0 Å². The van der Waals surface area contributed by atoms with Gasteiger partial charge < -0.3 is 10.2 Å². The molecule has 2 atom stereocenters. The van der Waals surface area contributed by atoms with Crippen molar-refractivity contribution in [3.8, 4) is 0 Å². The van der Waals surface area contributed by atoms with Gasteiger partial charge in [-0.15, -0.1) is 0 Å². The molecule has 0 aromatic heterocycles. The van der Waals surface area contributed by atoms with Gasteiger partial charge in [0.2, 0.25) is 0 Å². The highest BCUT2D eigenvalue weighted by Crippen LogP contribution is 2.29. The Hall–Kier alpha value is -0.0800. The highest BCUT2D eigenvalue weighted by atomic mass is 15.2. The second kappa shape index (κ2) is 5.92. The normalized spacial score (nSPS) is 41.8. The summed E-state index contributed by atoms with van der Waals surface area (Å²) in [5, 5.41) is 3.89. The van der Waals surface area contributed by atoms with Gasteiger partial charge in [0, 0.05) is 12.1 Å². The zero-order chi connectivity index (χ0) is 12.4. The summed E-state index contributed by atoms with van der Waals surface area (Å²) in [5.41, 5.74) is 0. The van der Waals surface area contributed by atoms with Gasteiger partial charge in [-0.05, 0) is 70.0 Å². The van der Waals surface area contributed by atoms with E-state index in [-0.39, 0.29) is 0 Å². The summed E-state index contributed by atoms with van der Waals surface area (Å²) < 4.78 is 0. The molecule has 0 radical (unpaired) electrons. The molecule has 0 amide bonds. The Bertz CT molecular complexity index is 258. The molecule has 0 spiro atoms. The van der Waals surface area contributed by atoms with E-state index < -0.39 is 0 Å². The summed E-state index contributed by atoms with van der Waals surface area (Å²) in [6.45, 7) is 6.44. The molecule has 2 saturated heterocycles. The monoisotopic (exact) mass is 250 g/mol. The molecule has 1 saturated carbocycles. The van der Waals surface area contributed by atoms with Crippen molar-refractivity contribution in [3.63, 3.8) is 0 Å². The van der Waals surface area contributed by atoms with E-state index in [0.717, 1.165) is 23.9 Å². The first-order valence-electron chi connectivity index (χ1n) is 8.28. The maximum absolute atomic E-state index is 3.89. The Labute approximate surface area is 113 Å². The Morgan fingerprint density at radius 2 is 1.83 bits per heavy atom. The number of hydrogen-bond donors (Lipinski definition) is 1. The van der Waals surface area contributed by atoms with Gasteiger partial charge in [0.05, 0.1) is 0 Å². The molecule has 2 heterocycles. The number of piperidine rings is 1. The molecule has 1 aliphatic carbocycles. The third-order valence-electron chi connectivity index (χ3n) is 5.65. The molecule has 1 N–H and O–H groups in total. The van der Waals surface area contributed by atoms with Crippen LogP contribution in [0.2, 0.25) is 0 Å². The van der Waals surface area contributed by atoms with Crippen LogP contribution in [0.5, 0.6) is 0 Å². The maximum atomic E-state index is 3.89. The Morgan fingerprint density at radius 3 is 2.67 bits per heavy atom. The van der Waals surface area contributed by atoms with E-state index >= 15 is 0 Å². The standard InChI is InChI=1S/C16H30N2/c1-13-4-6-14(7-5-13)12-17-15-8-10-18-9-2-3-16(18)11-15/h13-17H,2-12H2,1H3. The van der Waals surface area contributed by atoms with Crippen LogP contribution in [-0.4, -0.2) is 36.6 Å². The number of hydrogen-bond acceptors (Lipinski definition) is 2. The van der Waals surface area contributed by atoms with Crippen LogP contribution >= 0.6 is 0 Å². The van der Waals surface area contributed by atoms with Gasteiger partial charge in [-0.2, -0.15) is 0 Å². The summed E-state index contributed by atoms with van der Waals surface area (Å²) >= 11 is 0. The van der Waals surface area contributed by atoms with Gasteiger partial charge >= 0.3 is 0 Å². The average Bonchev–Trinajstić information content (AvgIpc) is 2.85. The SMILES string of the molecule is CC1CCC(CNC2CCN3CCCC3C2)CC1. The van der Waals surface area contributed by atoms with Crippen LogP contribution in [0.25, 0.3) is 0 Å². The molecule has 2 unspecified atom stereocenters. The van der Waals surface area contributed by atoms with Crippen LogP contribution in [-0.2, 0) is 0 Å². The fourth-order valence-corrected chi connectivity index (χ4v) is 4.28. The van der Waals surface area contributed by atoms with Crippen LogP contribution < -0.4 is 5.32 Å².